The molecule has 0 spiro atoms. The molecule has 0 saturated carbocycles. The van der Waals surface area contributed by atoms with Crippen molar-refractivity contribution in [3.8, 4) is 0 Å². The third kappa shape index (κ3) is 3.23. The van der Waals surface area contributed by atoms with Crippen LogP contribution in [0.25, 0.3) is 10.2 Å². The highest BCUT2D eigenvalue weighted by Gasteiger charge is 2.20. The van der Waals surface area contributed by atoms with Crippen molar-refractivity contribution < 1.29 is 14.7 Å². The summed E-state index contributed by atoms with van der Waals surface area (Å²) in [4.78, 5) is 41.4. The molecule has 0 radical (unpaired) electrons. The lowest BCUT2D eigenvalue weighted by Crippen LogP contribution is -2.31. The van der Waals surface area contributed by atoms with Gasteiger partial charge in [-0.15, -0.1) is 11.3 Å². The van der Waals surface area contributed by atoms with Crippen LogP contribution in [0.5, 0.6) is 0 Å². The van der Waals surface area contributed by atoms with Gasteiger partial charge in [0, 0.05) is 17.5 Å². The van der Waals surface area contributed by atoms with Crippen LogP contribution in [-0.2, 0) is 17.8 Å². The average Bonchev–Trinajstić information content (AvgIpc) is 3.03. The largest absolute Gasteiger partial charge is 0.478 e. The second-order valence-electron chi connectivity index (χ2n) is 5.77. The molecular formula is C18H17N3O4S. The maximum atomic E-state index is 12.8. The first-order chi connectivity index (χ1) is 12.4. The number of hydrogen-bond donors (Lipinski definition) is 2. The van der Waals surface area contributed by atoms with Crippen molar-refractivity contribution in [1.29, 1.82) is 0 Å². The molecule has 0 atom stereocenters. The molecule has 3 rings (SSSR count). The number of rotatable bonds is 5. The van der Waals surface area contributed by atoms with E-state index in [2.05, 4.69) is 10.3 Å². The summed E-state index contributed by atoms with van der Waals surface area (Å²) < 4.78 is 1.25. The van der Waals surface area contributed by atoms with Crippen molar-refractivity contribution in [2.24, 2.45) is 0 Å². The first-order valence-corrected chi connectivity index (χ1v) is 8.90. The SMILES string of the molecule is CCc1nc2scc(C(=O)O)c2c(=O)n1CC(=O)Nc1ccccc1C. The molecule has 0 unspecified atom stereocenters. The number of fused-ring (bicyclic) bond motifs is 1. The molecule has 0 aliphatic heterocycles. The predicted molar refractivity (Wildman–Crippen MR) is 100 cm³/mol. The van der Waals surface area contributed by atoms with Crippen LogP contribution in [0, 0.1) is 6.92 Å². The van der Waals surface area contributed by atoms with Crippen molar-refractivity contribution in [2.45, 2.75) is 26.8 Å². The number of aromatic nitrogens is 2. The van der Waals surface area contributed by atoms with Gasteiger partial charge in [-0.2, -0.15) is 0 Å². The molecule has 7 nitrogen and oxygen atoms in total. The Balaban J connectivity index is 2.01. The molecule has 3 aromatic rings. The summed E-state index contributed by atoms with van der Waals surface area (Å²) in [6.07, 6.45) is 0.448. The molecule has 0 aliphatic rings. The van der Waals surface area contributed by atoms with Crippen LogP contribution in [0.15, 0.2) is 34.4 Å². The van der Waals surface area contributed by atoms with Gasteiger partial charge in [0.1, 0.15) is 17.2 Å². The monoisotopic (exact) mass is 371 g/mol. The lowest BCUT2D eigenvalue weighted by atomic mass is 10.2. The molecule has 0 saturated heterocycles. The maximum Gasteiger partial charge on any atom is 0.337 e. The molecule has 1 aromatic carbocycles. The number of carbonyl (C=O) groups is 2. The number of aromatic carboxylic acids is 1. The highest BCUT2D eigenvalue weighted by atomic mass is 32.1. The van der Waals surface area contributed by atoms with Crippen LogP contribution in [0.4, 0.5) is 5.69 Å². The van der Waals surface area contributed by atoms with Crippen molar-refractivity contribution in [2.75, 3.05) is 5.32 Å². The number of nitrogens with zero attached hydrogens (tertiary/aromatic N) is 2. The number of nitrogens with one attached hydrogen (secondary N) is 1. The summed E-state index contributed by atoms with van der Waals surface area (Å²) >= 11 is 1.11. The highest BCUT2D eigenvalue weighted by molar-refractivity contribution is 7.17. The fraction of sp³-hybridized carbons (Fsp3) is 0.222. The van der Waals surface area contributed by atoms with Gasteiger partial charge in [-0.05, 0) is 18.6 Å². The van der Waals surface area contributed by atoms with Gasteiger partial charge >= 0.3 is 5.97 Å². The number of carboxylic acids is 1. The zero-order valence-electron chi connectivity index (χ0n) is 14.3. The van der Waals surface area contributed by atoms with Crippen molar-refractivity contribution in [3.05, 3.63) is 57.0 Å². The van der Waals surface area contributed by atoms with Gasteiger partial charge in [-0.1, -0.05) is 25.1 Å². The van der Waals surface area contributed by atoms with E-state index >= 15 is 0 Å². The van der Waals surface area contributed by atoms with Crippen molar-refractivity contribution in [1.82, 2.24) is 9.55 Å². The summed E-state index contributed by atoms with van der Waals surface area (Å²) in [5, 5.41) is 13.5. The third-order valence-corrected chi connectivity index (χ3v) is 4.91. The first-order valence-electron chi connectivity index (χ1n) is 8.02. The van der Waals surface area contributed by atoms with Gasteiger partial charge < -0.3 is 10.4 Å². The maximum absolute atomic E-state index is 12.8. The number of aryl methyl sites for hydroxylation is 2. The number of hydrogen-bond acceptors (Lipinski definition) is 5. The van der Waals surface area contributed by atoms with E-state index in [4.69, 9.17) is 0 Å². The third-order valence-electron chi connectivity index (χ3n) is 4.04. The number of benzene rings is 1. The van der Waals surface area contributed by atoms with E-state index in [1.54, 1.807) is 6.07 Å². The van der Waals surface area contributed by atoms with Gasteiger partial charge in [-0.3, -0.25) is 14.2 Å². The highest BCUT2D eigenvalue weighted by Crippen LogP contribution is 2.22. The number of amides is 1. The first kappa shape index (κ1) is 17.8. The van der Waals surface area contributed by atoms with Gasteiger partial charge in [-0.25, -0.2) is 9.78 Å². The zero-order valence-corrected chi connectivity index (χ0v) is 15.1. The summed E-state index contributed by atoms with van der Waals surface area (Å²) in [6, 6.07) is 7.33. The van der Waals surface area contributed by atoms with E-state index in [0.29, 0.717) is 22.8 Å². The Labute approximate surface area is 152 Å². The molecule has 0 bridgehead atoms. The van der Waals surface area contributed by atoms with E-state index in [0.717, 1.165) is 16.9 Å². The Bertz CT molecular complexity index is 1070. The number of anilines is 1. The summed E-state index contributed by atoms with van der Waals surface area (Å²) in [5.74, 6) is -1.11. The van der Waals surface area contributed by atoms with E-state index in [-0.39, 0.29) is 23.4 Å². The Morgan fingerprint density at radius 1 is 1.31 bits per heavy atom. The summed E-state index contributed by atoms with van der Waals surface area (Å²) in [7, 11) is 0. The number of para-hydroxylation sites is 1. The van der Waals surface area contributed by atoms with E-state index in [9.17, 15) is 19.5 Å². The smallest absolute Gasteiger partial charge is 0.337 e. The van der Waals surface area contributed by atoms with Crippen LogP contribution >= 0.6 is 11.3 Å². The van der Waals surface area contributed by atoms with Crippen LogP contribution < -0.4 is 10.9 Å². The van der Waals surface area contributed by atoms with Gasteiger partial charge in [0.15, 0.2) is 0 Å². The minimum absolute atomic E-state index is 0.0448. The van der Waals surface area contributed by atoms with Gasteiger partial charge in [0.25, 0.3) is 5.56 Å². The fourth-order valence-electron chi connectivity index (χ4n) is 2.70. The van der Waals surface area contributed by atoms with Crippen LogP contribution in [0.2, 0.25) is 0 Å². The Hall–Kier alpha value is -3.00. The Kier molecular flexibility index (Phi) is 4.85. The van der Waals surface area contributed by atoms with Crippen LogP contribution in [-0.4, -0.2) is 26.5 Å². The molecule has 1 amide bonds. The molecule has 0 fully saturated rings. The number of thiophene rings is 1. The summed E-state index contributed by atoms with van der Waals surface area (Å²) in [5.41, 5.74) is 0.978. The second kappa shape index (κ2) is 7.09. The molecule has 2 N–H and O–H groups in total. The molecule has 8 heteroatoms. The molecule has 26 heavy (non-hydrogen) atoms. The molecule has 2 heterocycles. The second-order valence-corrected chi connectivity index (χ2v) is 6.63. The molecule has 0 aliphatic carbocycles. The fourth-order valence-corrected chi connectivity index (χ4v) is 3.62. The van der Waals surface area contributed by atoms with Crippen molar-refractivity contribution in [3.63, 3.8) is 0 Å². The number of carbonyl (C=O) groups excluding carboxylic acids is 1. The predicted octanol–water partition coefficient (Wildman–Crippen LogP) is 2.67. The standard InChI is InChI=1S/C18H17N3O4S/c1-3-13-20-16-15(11(9-26-16)18(24)25)17(23)21(13)8-14(22)19-12-7-5-4-6-10(12)2/h4-7,9H,3,8H2,1-2H3,(H,19,22)(H,24,25). The lowest BCUT2D eigenvalue weighted by molar-refractivity contribution is -0.116. The quantitative estimate of drug-likeness (QED) is 0.718. The molecule has 134 valence electrons. The Morgan fingerprint density at radius 2 is 2.04 bits per heavy atom. The van der Waals surface area contributed by atoms with Gasteiger partial charge in [0.2, 0.25) is 5.91 Å². The van der Waals surface area contributed by atoms with E-state index in [1.807, 2.05) is 32.0 Å². The van der Waals surface area contributed by atoms with Crippen LogP contribution in [0.1, 0.15) is 28.7 Å². The molecule has 2 aromatic heterocycles. The van der Waals surface area contributed by atoms with E-state index < -0.39 is 11.5 Å². The minimum Gasteiger partial charge on any atom is -0.478 e. The number of carboxylic acid groups (broad SMARTS) is 1. The summed E-state index contributed by atoms with van der Waals surface area (Å²) in [6.45, 7) is 3.47. The lowest BCUT2D eigenvalue weighted by Gasteiger charge is -2.12. The topological polar surface area (TPSA) is 101 Å². The van der Waals surface area contributed by atoms with Crippen LogP contribution in [0.3, 0.4) is 0 Å². The van der Waals surface area contributed by atoms with Gasteiger partial charge in [0.05, 0.1) is 10.9 Å². The normalized spacial score (nSPS) is 10.8. The minimum atomic E-state index is -1.18. The zero-order chi connectivity index (χ0) is 18.8. The molecular weight excluding hydrogens is 354 g/mol. The van der Waals surface area contributed by atoms with Crippen molar-refractivity contribution >= 4 is 39.1 Å². The van der Waals surface area contributed by atoms with E-state index in [1.165, 1.54) is 9.95 Å². The Morgan fingerprint density at radius 3 is 2.69 bits per heavy atom. The average molecular weight is 371 g/mol.